The first-order chi connectivity index (χ1) is 6.74. The lowest BCUT2D eigenvalue weighted by Gasteiger charge is -2.00. The molecule has 2 aromatic heterocycles. The molecule has 0 atom stereocenters. The molecule has 0 fully saturated rings. The van der Waals surface area contributed by atoms with Gasteiger partial charge in [0.25, 0.3) is 0 Å². The molecule has 72 valence electrons. The van der Waals surface area contributed by atoms with E-state index in [1.165, 1.54) is 0 Å². The maximum atomic E-state index is 5.70. The minimum absolute atomic E-state index is 0.398. The third kappa shape index (κ3) is 2.03. The van der Waals surface area contributed by atoms with Crippen molar-refractivity contribution in [1.82, 2.24) is 15.2 Å². The van der Waals surface area contributed by atoms with Gasteiger partial charge in [-0.2, -0.15) is 0 Å². The molecule has 0 aliphatic heterocycles. The maximum absolute atomic E-state index is 5.70. The van der Waals surface area contributed by atoms with Crippen LogP contribution >= 0.6 is 11.6 Å². The van der Waals surface area contributed by atoms with E-state index in [0.717, 1.165) is 5.69 Å². The lowest BCUT2D eigenvalue weighted by Crippen LogP contribution is -1.84. The quantitative estimate of drug-likeness (QED) is 0.774. The van der Waals surface area contributed by atoms with E-state index in [-0.39, 0.29) is 0 Å². The summed E-state index contributed by atoms with van der Waals surface area (Å²) in [5.74, 6) is 1.14. The number of hydrogen-bond acceptors (Lipinski definition) is 3. The van der Waals surface area contributed by atoms with Crippen LogP contribution in [-0.4, -0.2) is 15.2 Å². The second-order valence-corrected chi connectivity index (χ2v) is 3.19. The minimum atomic E-state index is 0.398. The standard InChI is InChI=1S/C9H8ClN3O/c1-6-4-9(13-12-6)14-7-2-3-11-8(10)5-7/h2-5H,1H3,(H,12,13). The predicted molar refractivity (Wildman–Crippen MR) is 52.6 cm³/mol. The number of ether oxygens (including phenoxy) is 1. The fourth-order valence-corrected chi connectivity index (χ4v) is 1.18. The number of H-pyrrole nitrogens is 1. The van der Waals surface area contributed by atoms with Crippen LogP contribution in [0.15, 0.2) is 24.4 Å². The van der Waals surface area contributed by atoms with E-state index in [9.17, 15) is 0 Å². The molecule has 2 rings (SSSR count). The molecule has 0 radical (unpaired) electrons. The molecule has 0 spiro atoms. The van der Waals surface area contributed by atoms with Gasteiger partial charge in [0, 0.05) is 24.0 Å². The molecular formula is C9H8ClN3O. The van der Waals surface area contributed by atoms with Crippen molar-refractivity contribution in [3.05, 3.63) is 35.2 Å². The topological polar surface area (TPSA) is 50.8 Å². The molecule has 1 N–H and O–H groups in total. The van der Waals surface area contributed by atoms with Crippen molar-refractivity contribution < 1.29 is 4.74 Å². The Morgan fingerprint density at radius 3 is 2.93 bits per heavy atom. The van der Waals surface area contributed by atoms with Gasteiger partial charge in [-0.05, 0) is 13.0 Å². The average molecular weight is 210 g/mol. The molecule has 0 aliphatic rings. The van der Waals surface area contributed by atoms with Crippen molar-refractivity contribution in [2.45, 2.75) is 6.92 Å². The van der Waals surface area contributed by atoms with Crippen molar-refractivity contribution in [2.75, 3.05) is 0 Å². The van der Waals surface area contributed by atoms with E-state index in [2.05, 4.69) is 15.2 Å². The van der Waals surface area contributed by atoms with Gasteiger partial charge in [0.2, 0.25) is 5.88 Å². The number of aromatic nitrogens is 3. The third-order valence-corrected chi connectivity index (χ3v) is 1.81. The van der Waals surface area contributed by atoms with E-state index in [0.29, 0.717) is 16.8 Å². The van der Waals surface area contributed by atoms with Gasteiger partial charge in [0.05, 0.1) is 0 Å². The van der Waals surface area contributed by atoms with Crippen LogP contribution in [0.3, 0.4) is 0 Å². The van der Waals surface area contributed by atoms with Gasteiger partial charge >= 0.3 is 0 Å². The molecule has 0 saturated heterocycles. The van der Waals surface area contributed by atoms with Crippen molar-refractivity contribution in [3.8, 4) is 11.6 Å². The second kappa shape index (κ2) is 3.67. The van der Waals surface area contributed by atoms with Gasteiger partial charge < -0.3 is 4.74 Å². The fraction of sp³-hybridized carbons (Fsp3) is 0.111. The number of aryl methyl sites for hydroxylation is 1. The minimum Gasteiger partial charge on any atom is -0.437 e. The molecule has 2 heterocycles. The Labute approximate surface area is 85.9 Å². The SMILES string of the molecule is Cc1cc(Oc2ccnc(Cl)c2)n[nH]1. The summed E-state index contributed by atoms with van der Waals surface area (Å²) in [5.41, 5.74) is 0.945. The monoisotopic (exact) mass is 209 g/mol. The molecule has 0 saturated carbocycles. The van der Waals surface area contributed by atoms with E-state index in [4.69, 9.17) is 16.3 Å². The van der Waals surface area contributed by atoms with Crippen molar-refractivity contribution >= 4 is 11.6 Å². The smallest absolute Gasteiger partial charge is 0.238 e. The first kappa shape index (κ1) is 9.02. The van der Waals surface area contributed by atoms with Crippen molar-refractivity contribution in [2.24, 2.45) is 0 Å². The molecule has 0 unspecified atom stereocenters. The highest BCUT2D eigenvalue weighted by Gasteiger charge is 2.01. The molecule has 4 nitrogen and oxygen atoms in total. The summed E-state index contributed by atoms with van der Waals surface area (Å²) < 4.78 is 5.41. The molecule has 0 amide bonds. The van der Waals surface area contributed by atoms with Gasteiger partial charge in [-0.3, -0.25) is 5.10 Å². The summed E-state index contributed by atoms with van der Waals surface area (Å²) in [6.45, 7) is 1.90. The number of halogens is 1. The van der Waals surface area contributed by atoms with Crippen LogP contribution in [0.5, 0.6) is 11.6 Å². The van der Waals surface area contributed by atoms with Gasteiger partial charge in [0.1, 0.15) is 10.9 Å². The maximum Gasteiger partial charge on any atom is 0.238 e. The average Bonchev–Trinajstić information content (AvgIpc) is 2.51. The van der Waals surface area contributed by atoms with Crippen LogP contribution in [-0.2, 0) is 0 Å². The number of pyridine rings is 1. The molecule has 2 aromatic rings. The van der Waals surface area contributed by atoms with Crippen molar-refractivity contribution in [1.29, 1.82) is 0 Å². The summed E-state index contributed by atoms with van der Waals surface area (Å²) >= 11 is 5.70. The predicted octanol–water partition coefficient (Wildman–Crippen LogP) is 2.56. The van der Waals surface area contributed by atoms with Crippen LogP contribution in [0.4, 0.5) is 0 Å². The highest BCUT2D eigenvalue weighted by atomic mass is 35.5. The van der Waals surface area contributed by atoms with Gasteiger partial charge in [-0.25, -0.2) is 4.98 Å². The largest absolute Gasteiger partial charge is 0.437 e. The van der Waals surface area contributed by atoms with Gasteiger partial charge in [-0.15, -0.1) is 5.10 Å². The molecular weight excluding hydrogens is 202 g/mol. The van der Waals surface area contributed by atoms with E-state index >= 15 is 0 Å². The molecule has 0 aliphatic carbocycles. The Balaban J connectivity index is 2.18. The molecule has 0 bridgehead atoms. The number of aromatic amines is 1. The molecule has 14 heavy (non-hydrogen) atoms. The van der Waals surface area contributed by atoms with Crippen LogP contribution < -0.4 is 4.74 Å². The van der Waals surface area contributed by atoms with Gasteiger partial charge in [0.15, 0.2) is 0 Å². The normalized spacial score (nSPS) is 10.1. The Hall–Kier alpha value is -1.55. The number of nitrogens with zero attached hydrogens (tertiary/aromatic N) is 2. The van der Waals surface area contributed by atoms with E-state index in [1.54, 1.807) is 24.4 Å². The Kier molecular flexibility index (Phi) is 2.37. The Morgan fingerprint density at radius 1 is 1.43 bits per heavy atom. The molecule has 0 aromatic carbocycles. The summed E-state index contributed by atoms with van der Waals surface area (Å²) in [7, 11) is 0. The van der Waals surface area contributed by atoms with E-state index < -0.39 is 0 Å². The third-order valence-electron chi connectivity index (χ3n) is 1.60. The van der Waals surface area contributed by atoms with Crippen LogP contribution in [0.25, 0.3) is 0 Å². The van der Waals surface area contributed by atoms with Gasteiger partial charge in [-0.1, -0.05) is 11.6 Å². The summed E-state index contributed by atoms with van der Waals surface area (Å²) in [6.07, 6.45) is 1.58. The Morgan fingerprint density at radius 2 is 2.29 bits per heavy atom. The zero-order chi connectivity index (χ0) is 9.97. The Bertz CT molecular complexity index is 441. The lowest BCUT2D eigenvalue weighted by atomic mass is 10.4. The lowest BCUT2D eigenvalue weighted by molar-refractivity contribution is 0.461. The second-order valence-electron chi connectivity index (χ2n) is 2.81. The zero-order valence-electron chi connectivity index (χ0n) is 7.49. The summed E-state index contributed by atoms with van der Waals surface area (Å²) in [4.78, 5) is 3.84. The zero-order valence-corrected chi connectivity index (χ0v) is 8.25. The first-order valence-electron chi connectivity index (χ1n) is 4.05. The van der Waals surface area contributed by atoms with Crippen LogP contribution in [0.1, 0.15) is 5.69 Å². The highest BCUT2D eigenvalue weighted by molar-refractivity contribution is 6.29. The van der Waals surface area contributed by atoms with Crippen LogP contribution in [0.2, 0.25) is 5.15 Å². The first-order valence-corrected chi connectivity index (χ1v) is 4.43. The number of hydrogen-bond donors (Lipinski definition) is 1. The van der Waals surface area contributed by atoms with Crippen molar-refractivity contribution in [3.63, 3.8) is 0 Å². The summed E-state index contributed by atoms with van der Waals surface area (Å²) in [6, 6.07) is 5.15. The number of rotatable bonds is 2. The summed E-state index contributed by atoms with van der Waals surface area (Å²) in [5, 5.41) is 7.11. The fourth-order valence-electron chi connectivity index (χ4n) is 1.01. The molecule has 5 heteroatoms. The van der Waals surface area contributed by atoms with Crippen LogP contribution in [0, 0.1) is 6.92 Å². The number of nitrogens with one attached hydrogen (secondary N) is 1. The highest BCUT2D eigenvalue weighted by Crippen LogP contribution is 2.21. The van der Waals surface area contributed by atoms with E-state index in [1.807, 2.05) is 6.92 Å².